The van der Waals surface area contributed by atoms with Gasteiger partial charge in [0.2, 0.25) is 0 Å². The Bertz CT molecular complexity index is 537. The second kappa shape index (κ2) is 3.47. The molecule has 0 saturated carbocycles. The molecule has 0 N–H and O–H groups in total. The molecule has 1 aromatic carbocycles. The van der Waals surface area contributed by atoms with Crippen molar-refractivity contribution in [3.05, 3.63) is 22.7 Å². The zero-order chi connectivity index (χ0) is 12.1. The molecule has 1 aliphatic rings. The summed E-state index contributed by atoms with van der Waals surface area (Å²) in [4.78, 5) is 2.40. The zero-order valence-corrected chi connectivity index (χ0v) is 11.9. The van der Waals surface area contributed by atoms with Crippen molar-refractivity contribution >= 4 is 31.5 Å². The number of hydrogen-bond donors (Lipinski definition) is 0. The minimum absolute atomic E-state index is 0.417. The molecule has 3 nitrogen and oxygen atoms in total. The van der Waals surface area contributed by atoms with Gasteiger partial charge in [0.1, 0.15) is 0 Å². The first-order chi connectivity index (χ1) is 7.27. The number of anilines is 1. The molecular weight excluding hydrogens is 290 g/mol. The van der Waals surface area contributed by atoms with Crippen LogP contribution in [-0.4, -0.2) is 26.8 Å². The molecule has 1 aromatic rings. The maximum Gasteiger partial charge on any atom is 0.187 e. The van der Waals surface area contributed by atoms with E-state index < -0.39 is 14.6 Å². The van der Waals surface area contributed by atoms with Crippen LogP contribution in [0.1, 0.15) is 13.8 Å². The van der Waals surface area contributed by atoms with Gasteiger partial charge in [-0.25, -0.2) is 8.42 Å². The first kappa shape index (κ1) is 11.9. The molecule has 0 aromatic heterocycles. The van der Waals surface area contributed by atoms with Gasteiger partial charge in [-0.15, -0.1) is 0 Å². The fraction of sp³-hybridized carbons (Fsp3) is 0.455. The van der Waals surface area contributed by atoms with Crippen LogP contribution < -0.4 is 4.90 Å². The lowest BCUT2D eigenvalue weighted by Crippen LogP contribution is -2.47. The molecule has 0 fully saturated rings. The van der Waals surface area contributed by atoms with E-state index in [1.807, 2.05) is 18.0 Å². The van der Waals surface area contributed by atoms with Gasteiger partial charge in [-0.3, -0.25) is 0 Å². The quantitative estimate of drug-likeness (QED) is 0.739. The maximum absolute atomic E-state index is 12.4. The average Bonchev–Trinajstić information content (AvgIpc) is 2.14. The molecule has 0 bridgehead atoms. The van der Waals surface area contributed by atoms with E-state index in [4.69, 9.17) is 0 Å². The Morgan fingerprint density at radius 3 is 2.62 bits per heavy atom. The highest BCUT2D eigenvalue weighted by molar-refractivity contribution is 9.10. The topological polar surface area (TPSA) is 37.4 Å². The number of halogens is 1. The van der Waals surface area contributed by atoms with Crippen LogP contribution in [0.25, 0.3) is 0 Å². The maximum atomic E-state index is 12.4. The molecule has 0 atom stereocenters. The lowest BCUT2D eigenvalue weighted by molar-refractivity contribution is 0.534. The third-order valence-corrected chi connectivity index (χ3v) is 6.10. The highest BCUT2D eigenvalue weighted by Gasteiger charge is 2.43. The van der Waals surface area contributed by atoms with E-state index in [9.17, 15) is 8.42 Å². The number of para-hydroxylation sites is 1. The largest absolute Gasteiger partial charge is 0.371 e. The summed E-state index contributed by atoms with van der Waals surface area (Å²) in [5, 5.41) is 0. The highest BCUT2D eigenvalue weighted by atomic mass is 79.9. The molecule has 0 amide bonds. The molecule has 0 unspecified atom stereocenters. The Morgan fingerprint density at radius 1 is 1.38 bits per heavy atom. The summed E-state index contributed by atoms with van der Waals surface area (Å²) in [6, 6.07) is 5.30. The molecule has 2 rings (SSSR count). The first-order valence-electron chi connectivity index (χ1n) is 5.02. The second-order valence-corrected chi connectivity index (χ2v) is 8.11. The molecule has 0 aliphatic carbocycles. The molecular formula is C11H14BrNO2S. The zero-order valence-electron chi connectivity index (χ0n) is 9.49. The van der Waals surface area contributed by atoms with Gasteiger partial charge in [0, 0.05) is 18.1 Å². The van der Waals surface area contributed by atoms with Crippen LogP contribution in [0.15, 0.2) is 27.6 Å². The first-order valence-corrected chi connectivity index (χ1v) is 7.29. The fourth-order valence-electron chi connectivity index (χ4n) is 2.12. The number of rotatable bonds is 0. The van der Waals surface area contributed by atoms with Crippen molar-refractivity contribution in [1.29, 1.82) is 0 Å². The summed E-state index contributed by atoms with van der Waals surface area (Å²) < 4.78 is 24.8. The Balaban J connectivity index is 2.80. The van der Waals surface area contributed by atoms with E-state index in [0.717, 1.165) is 10.2 Å². The molecule has 0 radical (unpaired) electrons. The van der Waals surface area contributed by atoms with Crippen LogP contribution in [0, 0.1) is 0 Å². The van der Waals surface area contributed by atoms with Crippen LogP contribution in [0.4, 0.5) is 5.69 Å². The van der Waals surface area contributed by atoms with E-state index in [2.05, 4.69) is 15.9 Å². The van der Waals surface area contributed by atoms with Crippen LogP contribution in [0.5, 0.6) is 0 Å². The average molecular weight is 304 g/mol. The third kappa shape index (κ3) is 1.49. The monoisotopic (exact) mass is 303 g/mol. The summed E-state index contributed by atoms with van der Waals surface area (Å²) in [5.41, 5.74) is 0.766. The predicted molar refractivity (Wildman–Crippen MR) is 68.7 cm³/mol. The molecule has 0 saturated heterocycles. The van der Waals surface area contributed by atoms with Gasteiger partial charge < -0.3 is 4.90 Å². The summed E-state index contributed by atoms with van der Waals surface area (Å²) in [7, 11) is -1.33. The van der Waals surface area contributed by atoms with Crippen molar-refractivity contribution in [2.45, 2.75) is 23.5 Å². The van der Waals surface area contributed by atoms with Gasteiger partial charge in [0.25, 0.3) is 0 Å². The lowest BCUT2D eigenvalue weighted by Gasteiger charge is -2.38. The molecule has 88 valence electrons. The number of benzene rings is 1. The van der Waals surface area contributed by atoms with Gasteiger partial charge >= 0.3 is 0 Å². The van der Waals surface area contributed by atoms with Crippen molar-refractivity contribution in [2.75, 3.05) is 18.5 Å². The van der Waals surface area contributed by atoms with Crippen molar-refractivity contribution in [1.82, 2.24) is 0 Å². The van der Waals surface area contributed by atoms with Gasteiger partial charge in [-0.1, -0.05) is 6.07 Å². The standard InChI is InChI=1S/C11H14BrNO2S/c1-11(2)7-13(3)10-8(12)5-4-6-9(10)16(11,14)15/h4-6H,7H2,1-3H3. The SMILES string of the molecule is CN1CC(C)(C)S(=O)(=O)c2cccc(Br)c21. The molecule has 1 aliphatic heterocycles. The Hall–Kier alpha value is -0.550. The minimum Gasteiger partial charge on any atom is -0.371 e. The summed E-state index contributed by atoms with van der Waals surface area (Å²) in [5.74, 6) is 0. The third-order valence-electron chi connectivity index (χ3n) is 2.97. The second-order valence-electron chi connectivity index (χ2n) is 4.71. The molecule has 16 heavy (non-hydrogen) atoms. The fourth-order valence-corrected chi connectivity index (χ4v) is 4.65. The van der Waals surface area contributed by atoms with Gasteiger partial charge in [-0.05, 0) is 41.9 Å². The van der Waals surface area contributed by atoms with E-state index in [0.29, 0.717) is 11.4 Å². The normalized spacial score (nSPS) is 21.6. The number of sulfone groups is 1. The predicted octanol–water partition coefficient (Wildman–Crippen LogP) is 2.45. The van der Waals surface area contributed by atoms with E-state index in [1.54, 1.807) is 26.0 Å². The van der Waals surface area contributed by atoms with Crippen molar-refractivity contribution < 1.29 is 8.42 Å². The number of fused-ring (bicyclic) bond motifs is 1. The summed E-state index contributed by atoms with van der Waals surface area (Å²) >= 11 is 3.41. The number of nitrogens with zero attached hydrogens (tertiary/aromatic N) is 1. The van der Waals surface area contributed by atoms with Crippen molar-refractivity contribution in [3.63, 3.8) is 0 Å². The van der Waals surface area contributed by atoms with Gasteiger partial charge in [0.15, 0.2) is 9.84 Å². The van der Waals surface area contributed by atoms with Crippen LogP contribution in [-0.2, 0) is 9.84 Å². The summed E-state index contributed by atoms with van der Waals surface area (Å²) in [6.45, 7) is 4.04. The molecule has 5 heteroatoms. The van der Waals surface area contributed by atoms with Crippen molar-refractivity contribution in [2.24, 2.45) is 0 Å². The Kier molecular flexibility index (Phi) is 2.58. The van der Waals surface area contributed by atoms with E-state index in [1.165, 1.54) is 0 Å². The van der Waals surface area contributed by atoms with Crippen LogP contribution in [0.3, 0.4) is 0 Å². The summed E-state index contributed by atoms with van der Waals surface area (Å²) in [6.07, 6.45) is 0. The Labute approximate surface area is 105 Å². The molecule has 1 heterocycles. The van der Waals surface area contributed by atoms with Gasteiger partial charge in [-0.2, -0.15) is 0 Å². The highest BCUT2D eigenvalue weighted by Crippen LogP contribution is 2.42. The van der Waals surface area contributed by atoms with Crippen LogP contribution in [0.2, 0.25) is 0 Å². The van der Waals surface area contributed by atoms with E-state index >= 15 is 0 Å². The minimum atomic E-state index is -3.25. The van der Waals surface area contributed by atoms with Crippen LogP contribution >= 0.6 is 15.9 Å². The lowest BCUT2D eigenvalue weighted by atomic mass is 10.1. The van der Waals surface area contributed by atoms with Gasteiger partial charge in [0.05, 0.1) is 15.3 Å². The van der Waals surface area contributed by atoms with E-state index in [-0.39, 0.29) is 0 Å². The smallest absolute Gasteiger partial charge is 0.187 e. The Morgan fingerprint density at radius 2 is 2.00 bits per heavy atom. The molecule has 0 spiro atoms. The number of hydrogen-bond acceptors (Lipinski definition) is 3. The van der Waals surface area contributed by atoms with Crippen molar-refractivity contribution in [3.8, 4) is 0 Å².